The van der Waals surface area contributed by atoms with Gasteiger partial charge in [-0.05, 0) is 31.7 Å². The summed E-state index contributed by atoms with van der Waals surface area (Å²) in [7, 11) is 1.33. The van der Waals surface area contributed by atoms with Crippen LogP contribution in [0, 0.1) is 0 Å². The first kappa shape index (κ1) is 16.5. The fourth-order valence-electron chi connectivity index (χ4n) is 3.57. The minimum atomic E-state index is -0.442. The van der Waals surface area contributed by atoms with Crippen LogP contribution in [0.4, 0.5) is 11.5 Å². The Balaban J connectivity index is 1.64. The van der Waals surface area contributed by atoms with Gasteiger partial charge in [-0.15, -0.1) is 0 Å². The first-order valence-electron chi connectivity index (χ1n) is 8.48. The number of amides is 1. The van der Waals surface area contributed by atoms with Crippen molar-refractivity contribution in [3.05, 3.63) is 17.8 Å². The van der Waals surface area contributed by atoms with Gasteiger partial charge in [0, 0.05) is 38.3 Å². The van der Waals surface area contributed by atoms with E-state index >= 15 is 0 Å². The molecule has 1 aromatic rings. The van der Waals surface area contributed by atoms with Gasteiger partial charge in [0.25, 0.3) is 0 Å². The number of nitrogens with zero attached hydrogens (tertiary/aromatic N) is 3. The lowest BCUT2D eigenvalue weighted by Gasteiger charge is -2.40. The second kappa shape index (κ2) is 7.07. The van der Waals surface area contributed by atoms with Crippen LogP contribution in [-0.4, -0.2) is 54.5 Å². The summed E-state index contributed by atoms with van der Waals surface area (Å²) in [5.74, 6) is 0.550. The Morgan fingerprint density at radius 3 is 2.67 bits per heavy atom. The Labute approximate surface area is 141 Å². The third-order valence-corrected chi connectivity index (χ3v) is 4.88. The topological polar surface area (TPSA) is 88.8 Å². The summed E-state index contributed by atoms with van der Waals surface area (Å²) in [4.78, 5) is 32.1. The van der Waals surface area contributed by atoms with Gasteiger partial charge in [-0.3, -0.25) is 4.79 Å². The molecular formula is C17H24N4O3. The number of aromatic nitrogens is 1. The maximum Gasteiger partial charge on any atom is 0.339 e. The van der Waals surface area contributed by atoms with Gasteiger partial charge in [-0.25, -0.2) is 9.78 Å². The molecule has 0 bridgehead atoms. The molecule has 0 radical (unpaired) electrons. The minimum Gasteiger partial charge on any atom is -0.465 e. The van der Waals surface area contributed by atoms with Crippen LogP contribution >= 0.6 is 0 Å². The molecule has 2 fully saturated rings. The van der Waals surface area contributed by atoms with E-state index in [1.807, 2.05) is 0 Å². The average molecular weight is 332 g/mol. The van der Waals surface area contributed by atoms with Crippen molar-refractivity contribution in [2.24, 2.45) is 0 Å². The zero-order valence-corrected chi connectivity index (χ0v) is 14.0. The van der Waals surface area contributed by atoms with E-state index < -0.39 is 5.97 Å². The number of anilines is 2. The average Bonchev–Trinajstić information content (AvgIpc) is 2.61. The summed E-state index contributed by atoms with van der Waals surface area (Å²) in [6.07, 6.45) is 6.15. The van der Waals surface area contributed by atoms with Crippen molar-refractivity contribution in [1.82, 2.24) is 9.88 Å². The summed E-state index contributed by atoms with van der Waals surface area (Å²) < 4.78 is 4.68. The second-order valence-electron chi connectivity index (χ2n) is 6.39. The number of ether oxygens (including phenoxy) is 1. The van der Waals surface area contributed by atoms with Gasteiger partial charge in [0.15, 0.2) is 5.82 Å². The molecule has 2 aliphatic heterocycles. The molecule has 0 aliphatic carbocycles. The highest BCUT2D eigenvalue weighted by Gasteiger charge is 2.30. The molecule has 24 heavy (non-hydrogen) atoms. The van der Waals surface area contributed by atoms with Crippen molar-refractivity contribution in [2.45, 2.75) is 38.1 Å². The number of nitrogen functional groups attached to an aromatic ring is 1. The second-order valence-corrected chi connectivity index (χ2v) is 6.39. The van der Waals surface area contributed by atoms with Crippen LogP contribution in [-0.2, 0) is 9.53 Å². The van der Waals surface area contributed by atoms with Gasteiger partial charge in [0.2, 0.25) is 5.91 Å². The van der Waals surface area contributed by atoms with Crippen LogP contribution < -0.4 is 10.6 Å². The number of piperidine rings is 2. The molecule has 1 amide bonds. The van der Waals surface area contributed by atoms with Crippen molar-refractivity contribution in [1.29, 1.82) is 0 Å². The third-order valence-electron chi connectivity index (χ3n) is 4.88. The number of nitrogens with two attached hydrogens (primary N) is 1. The van der Waals surface area contributed by atoms with E-state index in [0.717, 1.165) is 45.3 Å². The molecule has 7 nitrogen and oxygen atoms in total. The zero-order valence-electron chi connectivity index (χ0n) is 14.0. The molecule has 2 N–H and O–H groups in total. The lowest BCUT2D eigenvalue weighted by atomic mass is 9.99. The summed E-state index contributed by atoms with van der Waals surface area (Å²) in [5.41, 5.74) is 6.90. The Kier molecular flexibility index (Phi) is 4.87. The van der Waals surface area contributed by atoms with Crippen LogP contribution in [0.5, 0.6) is 0 Å². The molecule has 0 unspecified atom stereocenters. The number of methoxy groups -OCH3 is 1. The van der Waals surface area contributed by atoms with E-state index in [2.05, 4.69) is 19.5 Å². The number of esters is 1. The van der Waals surface area contributed by atoms with Crippen molar-refractivity contribution in [2.75, 3.05) is 37.4 Å². The van der Waals surface area contributed by atoms with Crippen molar-refractivity contribution < 1.29 is 14.3 Å². The predicted molar refractivity (Wildman–Crippen MR) is 90.8 cm³/mol. The Morgan fingerprint density at radius 1 is 1.29 bits per heavy atom. The van der Waals surface area contributed by atoms with Crippen LogP contribution in [0.25, 0.3) is 0 Å². The van der Waals surface area contributed by atoms with Crippen molar-refractivity contribution >= 4 is 23.4 Å². The first-order chi connectivity index (χ1) is 11.6. The molecule has 130 valence electrons. The van der Waals surface area contributed by atoms with Gasteiger partial charge in [0.1, 0.15) is 0 Å². The molecule has 0 spiro atoms. The monoisotopic (exact) mass is 332 g/mol. The smallest absolute Gasteiger partial charge is 0.339 e. The van der Waals surface area contributed by atoms with Crippen LogP contribution in [0.1, 0.15) is 42.5 Å². The molecule has 0 atom stereocenters. The molecule has 3 heterocycles. The highest BCUT2D eigenvalue weighted by Crippen LogP contribution is 2.27. The fourth-order valence-corrected chi connectivity index (χ4v) is 3.57. The van der Waals surface area contributed by atoms with Gasteiger partial charge in [-0.1, -0.05) is 0 Å². The largest absolute Gasteiger partial charge is 0.465 e. The molecule has 1 aromatic heterocycles. The molecule has 7 heteroatoms. The molecule has 0 saturated carbocycles. The van der Waals surface area contributed by atoms with Gasteiger partial charge in [-0.2, -0.15) is 0 Å². The number of rotatable bonds is 3. The van der Waals surface area contributed by atoms with Gasteiger partial charge >= 0.3 is 5.97 Å². The molecule has 2 saturated heterocycles. The van der Waals surface area contributed by atoms with Crippen LogP contribution in [0.2, 0.25) is 0 Å². The Bertz CT molecular complexity index is 626. The normalized spacial score (nSPS) is 19.5. The third kappa shape index (κ3) is 3.29. The number of likely N-dealkylation sites (tertiary alicyclic amines) is 1. The quantitative estimate of drug-likeness (QED) is 0.843. The van der Waals surface area contributed by atoms with Crippen LogP contribution in [0.3, 0.4) is 0 Å². The van der Waals surface area contributed by atoms with E-state index in [4.69, 9.17) is 5.73 Å². The van der Waals surface area contributed by atoms with Gasteiger partial charge in [0.05, 0.1) is 18.4 Å². The van der Waals surface area contributed by atoms with E-state index in [0.29, 0.717) is 35.4 Å². The van der Waals surface area contributed by atoms with E-state index in [9.17, 15) is 9.59 Å². The van der Waals surface area contributed by atoms with Gasteiger partial charge < -0.3 is 20.3 Å². The standard InChI is InChI=1S/C17H24N4O3/c1-24-17(23)12-10-14(18)16(19-11-12)20-8-5-13(6-9-20)21-7-3-2-4-15(21)22/h10-11,13H,2-9,18H2,1H3. The molecule has 3 rings (SSSR count). The number of carbonyl (C=O) groups is 2. The van der Waals surface area contributed by atoms with E-state index in [1.54, 1.807) is 6.07 Å². The lowest BCUT2D eigenvalue weighted by Crippen LogP contribution is -2.49. The molecular weight excluding hydrogens is 308 g/mol. The molecule has 2 aliphatic rings. The number of carbonyl (C=O) groups excluding carboxylic acids is 2. The first-order valence-corrected chi connectivity index (χ1v) is 8.48. The lowest BCUT2D eigenvalue weighted by molar-refractivity contribution is -0.136. The predicted octanol–water partition coefficient (Wildman–Crippen LogP) is 1.43. The van der Waals surface area contributed by atoms with Crippen molar-refractivity contribution in [3.63, 3.8) is 0 Å². The SMILES string of the molecule is COC(=O)c1cnc(N2CCC(N3CCCCC3=O)CC2)c(N)c1. The van der Waals surface area contributed by atoms with E-state index in [1.165, 1.54) is 13.3 Å². The van der Waals surface area contributed by atoms with E-state index in [-0.39, 0.29) is 0 Å². The zero-order chi connectivity index (χ0) is 17.1. The summed E-state index contributed by atoms with van der Waals surface area (Å²) in [6.45, 7) is 2.50. The highest BCUT2D eigenvalue weighted by atomic mass is 16.5. The number of hydrogen-bond donors (Lipinski definition) is 1. The maximum atomic E-state index is 12.1. The van der Waals surface area contributed by atoms with Crippen molar-refractivity contribution in [3.8, 4) is 0 Å². The number of hydrogen-bond acceptors (Lipinski definition) is 6. The maximum absolute atomic E-state index is 12.1. The number of pyridine rings is 1. The minimum absolute atomic E-state index is 0.291. The Hall–Kier alpha value is -2.31. The summed E-state index contributed by atoms with van der Waals surface area (Å²) in [6, 6.07) is 1.93. The fraction of sp³-hybridized carbons (Fsp3) is 0.588. The molecule has 0 aromatic carbocycles. The summed E-state index contributed by atoms with van der Waals surface area (Å²) >= 11 is 0. The Morgan fingerprint density at radius 2 is 2.04 bits per heavy atom. The summed E-state index contributed by atoms with van der Waals surface area (Å²) in [5, 5.41) is 0. The highest BCUT2D eigenvalue weighted by molar-refractivity contribution is 5.90. The van der Waals surface area contributed by atoms with Crippen LogP contribution in [0.15, 0.2) is 12.3 Å².